The highest BCUT2D eigenvalue weighted by Gasteiger charge is 2.28. The van der Waals surface area contributed by atoms with Crippen LogP contribution in [0.25, 0.3) is 0 Å². The Kier molecular flexibility index (Phi) is 4.59. The number of nitrogens with one attached hydrogen (secondary N) is 1. The van der Waals surface area contributed by atoms with Crippen molar-refractivity contribution >= 4 is 17.6 Å². The van der Waals surface area contributed by atoms with Crippen molar-refractivity contribution in [3.8, 4) is 6.19 Å². The van der Waals surface area contributed by atoms with Gasteiger partial charge in [-0.3, -0.25) is 20.0 Å². The molecule has 0 saturated carbocycles. The minimum Gasteiger partial charge on any atom is -0.277 e. The number of carbonyl (C=O) groups is 1. The van der Waals surface area contributed by atoms with Crippen molar-refractivity contribution in [3.63, 3.8) is 0 Å². The highest BCUT2D eigenvalue weighted by molar-refractivity contribution is 5.98. The van der Waals surface area contributed by atoms with E-state index >= 15 is 0 Å². The van der Waals surface area contributed by atoms with Crippen molar-refractivity contribution in [3.05, 3.63) is 24.5 Å². The lowest BCUT2D eigenvalue weighted by Gasteiger charge is -2.34. The van der Waals surface area contributed by atoms with Gasteiger partial charge in [0.2, 0.25) is 11.9 Å². The monoisotopic (exact) mass is 259 g/mol. The molecular weight excluding hydrogens is 242 g/mol. The van der Waals surface area contributed by atoms with E-state index in [1.54, 1.807) is 30.7 Å². The summed E-state index contributed by atoms with van der Waals surface area (Å²) in [6.45, 7) is 7.04. The molecule has 100 valence electrons. The van der Waals surface area contributed by atoms with Gasteiger partial charge < -0.3 is 0 Å². The summed E-state index contributed by atoms with van der Waals surface area (Å²) in [6.07, 6.45) is 4.98. The molecule has 1 heterocycles. The van der Waals surface area contributed by atoms with E-state index in [2.05, 4.69) is 15.3 Å². The van der Waals surface area contributed by atoms with Crippen LogP contribution in [0.3, 0.4) is 0 Å². The van der Waals surface area contributed by atoms with Crippen molar-refractivity contribution in [1.29, 1.82) is 5.26 Å². The third-order valence-corrected chi connectivity index (χ3v) is 2.25. The molecule has 0 aliphatic carbocycles. The number of hydrogen-bond donors (Lipinski definition) is 1. The van der Waals surface area contributed by atoms with Crippen molar-refractivity contribution < 1.29 is 4.79 Å². The number of nitriles is 1. The Balaban J connectivity index is 3.23. The topological polar surface area (TPSA) is 81.4 Å². The first-order chi connectivity index (χ1) is 8.86. The van der Waals surface area contributed by atoms with E-state index < -0.39 is 5.54 Å². The molecule has 1 aromatic heterocycles. The standard InChI is InChI=1S/C13H17N5O/c1-10(19)18(13(2,3)4)12(16-9-14)17-11-6-5-7-15-8-11/h5-8H,1-4H3,(H,16,17). The quantitative estimate of drug-likeness (QED) is 0.361. The van der Waals surface area contributed by atoms with Gasteiger partial charge in [0, 0.05) is 18.7 Å². The first-order valence-electron chi connectivity index (χ1n) is 5.81. The number of aromatic nitrogens is 1. The highest BCUT2D eigenvalue weighted by atomic mass is 16.2. The largest absolute Gasteiger partial charge is 0.277 e. The predicted octanol–water partition coefficient (Wildman–Crippen LogP) is 1.79. The second-order valence-electron chi connectivity index (χ2n) is 4.91. The van der Waals surface area contributed by atoms with Gasteiger partial charge in [0.15, 0.2) is 6.19 Å². The molecule has 0 bridgehead atoms. The molecule has 0 aromatic carbocycles. The van der Waals surface area contributed by atoms with Crippen molar-refractivity contribution in [1.82, 2.24) is 15.2 Å². The van der Waals surface area contributed by atoms with Gasteiger partial charge in [-0.05, 0) is 32.9 Å². The molecule has 0 spiro atoms. The van der Waals surface area contributed by atoms with Crippen LogP contribution < -0.4 is 5.32 Å². The number of hydrogen-bond acceptors (Lipinski definition) is 4. The van der Waals surface area contributed by atoms with Gasteiger partial charge >= 0.3 is 0 Å². The smallest absolute Gasteiger partial charge is 0.226 e. The van der Waals surface area contributed by atoms with Gasteiger partial charge in [0.1, 0.15) is 0 Å². The van der Waals surface area contributed by atoms with Gasteiger partial charge in [-0.2, -0.15) is 5.26 Å². The summed E-state index contributed by atoms with van der Waals surface area (Å²) >= 11 is 0. The summed E-state index contributed by atoms with van der Waals surface area (Å²) in [5.74, 6) is -0.00612. The molecule has 0 unspecified atom stereocenters. The highest BCUT2D eigenvalue weighted by Crippen LogP contribution is 2.16. The summed E-state index contributed by atoms with van der Waals surface area (Å²) in [5, 5.41) is 11.3. The zero-order chi connectivity index (χ0) is 14.5. The number of carbonyl (C=O) groups excluding carboxylic acids is 1. The molecule has 0 fully saturated rings. The Bertz CT molecular complexity index is 510. The van der Waals surface area contributed by atoms with Crippen LogP contribution in [-0.4, -0.2) is 27.3 Å². The van der Waals surface area contributed by atoms with Crippen LogP contribution in [0.1, 0.15) is 27.7 Å². The minimum atomic E-state index is -0.489. The Morgan fingerprint density at radius 1 is 1.53 bits per heavy atom. The molecule has 1 aromatic rings. The van der Waals surface area contributed by atoms with Gasteiger partial charge in [-0.1, -0.05) is 0 Å². The van der Waals surface area contributed by atoms with Crippen molar-refractivity contribution in [2.45, 2.75) is 33.2 Å². The lowest BCUT2D eigenvalue weighted by molar-refractivity contribution is -0.128. The summed E-state index contributed by atoms with van der Waals surface area (Å²) in [4.78, 5) is 21.4. The minimum absolute atomic E-state index is 0.190. The van der Waals surface area contributed by atoms with E-state index in [0.29, 0.717) is 5.69 Å². The van der Waals surface area contributed by atoms with Crippen molar-refractivity contribution in [2.75, 3.05) is 0 Å². The Morgan fingerprint density at radius 3 is 2.63 bits per heavy atom. The van der Waals surface area contributed by atoms with E-state index in [4.69, 9.17) is 5.26 Å². The zero-order valence-electron chi connectivity index (χ0n) is 11.5. The molecule has 1 rings (SSSR count). The third kappa shape index (κ3) is 4.07. The lowest BCUT2D eigenvalue weighted by Crippen LogP contribution is -2.52. The van der Waals surface area contributed by atoms with Crippen LogP contribution >= 0.6 is 0 Å². The molecule has 0 radical (unpaired) electrons. The number of amides is 1. The molecule has 19 heavy (non-hydrogen) atoms. The third-order valence-electron chi connectivity index (χ3n) is 2.25. The second kappa shape index (κ2) is 5.96. The molecular formula is C13H17N5O. The van der Waals surface area contributed by atoms with Crippen molar-refractivity contribution in [2.24, 2.45) is 4.99 Å². The van der Waals surface area contributed by atoms with E-state index in [-0.39, 0.29) is 11.9 Å². The number of aliphatic imine (C=N–C) groups is 1. The first kappa shape index (κ1) is 14.6. The van der Waals surface area contributed by atoms with Gasteiger partial charge in [-0.15, -0.1) is 0 Å². The number of guanidine groups is 1. The normalized spacial score (nSPS) is 11.6. The summed E-state index contributed by atoms with van der Waals surface area (Å²) in [6, 6.07) is 3.48. The molecule has 0 aliphatic heterocycles. The molecule has 6 nitrogen and oxygen atoms in total. The van der Waals surface area contributed by atoms with Gasteiger partial charge in [-0.25, -0.2) is 4.99 Å². The number of pyridine rings is 1. The maximum absolute atomic E-state index is 11.8. The average Bonchev–Trinajstić information content (AvgIpc) is 2.28. The molecule has 0 saturated heterocycles. The zero-order valence-corrected chi connectivity index (χ0v) is 11.5. The maximum Gasteiger partial charge on any atom is 0.226 e. The first-order valence-corrected chi connectivity index (χ1v) is 5.81. The summed E-state index contributed by atoms with van der Waals surface area (Å²) in [7, 11) is 0. The van der Waals surface area contributed by atoms with E-state index in [1.807, 2.05) is 20.8 Å². The maximum atomic E-state index is 11.8. The van der Waals surface area contributed by atoms with Crippen LogP contribution in [0.2, 0.25) is 0 Å². The molecule has 1 amide bonds. The van der Waals surface area contributed by atoms with Gasteiger partial charge in [0.05, 0.1) is 11.9 Å². The molecule has 1 N–H and O–H groups in total. The van der Waals surface area contributed by atoms with Crippen LogP contribution in [-0.2, 0) is 4.79 Å². The van der Waals surface area contributed by atoms with Crippen LogP contribution in [0, 0.1) is 11.5 Å². The average molecular weight is 259 g/mol. The summed E-state index contributed by atoms with van der Waals surface area (Å²) < 4.78 is 0. The van der Waals surface area contributed by atoms with Crippen LogP contribution in [0.15, 0.2) is 29.5 Å². The Hall–Kier alpha value is -2.42. The fourth-order valence-electron chi connectivity index (χ4n) is 1.67. The molecule has 0 aliphatic rings. The van der Waals surface area contributed by atoms with E-state index in [9.17, 15) is 4.79 Å². The Morgan fingerprint density at radius 2 is 2.21 bits per heavy atom. The summed E-state index contributed by atoms with van der Waals surface area (Å²) in [5.41, 5.74) is 0.0761. The SMILES string of the molecule is CC(=O)N(C(=Nc1cccnc1)NC#N)C(C)(C)C. The molecule has 6 heteroatoms. The molecule has 0 atom stereocenters. The predicted molar refractivity (Wildman–Crippen MR) is 72.4 cm³/mol. The fourth-order valence-corrected chi connectivity index (χ4v) is 1.67. The lowest BCUT2D eigenvalue weighted by atomic mass is 10.1. The van der Waals surface area contributed by atoms with Crippen LogP contribution in [0.5, 0.6) is 0 Å². The number of rotatable bonds is 1. The Labute approximate surface area is 112 Å². The van der Waals surface area contributed by atoms with Crippen LogP contribution in [0.4, 0.5) is 5.69 Å². The number of nitrogens with zero attached hydrogens (tertiary/aromatic N) is 4. The van der Waals surface area contributed by atoms with E-state index in [1.165, 1.54) is 11.8 Å². The second-order valence-corrected chi connectivity index (χ2v) is 4.91. The van der Waals surface area contributed by atoms with E-state index in [0.717, 1.165) is 0 Å². The van der Waals surface area contributed by atoms with Gasteiger partial charge in [0.25, 0.3) is 0 Å². The fraction of sp³-hybridized carbons (Fsp3) is 0.385.